The molecule has 26 heavy (non-hydrogen) atoms. The first-order chi connectivity index (χ1) is 12.4. The molecule has 0 spiro atoms. The summed E-state index contributed by atoms with van der Waals surface area (Å²) in [5, 5.41) is 4.39. The van der Waals surface area contributed by atoms with Crippen molar-refractivity contribution in [1.82, 2.24) is 4.98 Å². The molecule has 0 aliphatic heterocycles. The fourth-order valence-corrected chi connectivity index (χ4v) is 3.25. The average Bonchev–Trinajstić information content (AvgIpc) is 2.57. The number of nitrogens with zero attached hydrogens (tertiary/aromatic N) is 1. The number of hydrogen-bond acceptors (Lipinski definition) is 4. The number of ether oxygens (including phenoxy) is 1. The van der Waals surface area contributed by atoms with Crippen molar-refractivity contribution in [2.24, 2.45) is 0 Å². The van der Waals surface area contributed by atoms with Gasteiger partial charge in [0.2, 0.25) is 0 Å². The van der Waals surface area contributed by atoms with Crippen LogP contribution in [0.5, 0.6) is 0 Å². The Hall–Kier alpha value is -2.88. The molecule has 0 atom stereocenters. The number of carbonyl (C=O) groups is 1. The van der Waals surface area contributed by atoms with Crippen molar-refractivity contribution in [1.29, 1.82) is 0 Å². The molecule has 3 aromatic rings. The molecule has 0 amide bonds. The van der Waals surface area contributed by atoms with E-state index < -0.39 is 0 Å². The Bertz CT molecular complexity index is 993. The fourth-order valence-electron chi connectivity index (χ4n) is 3.25. The third kappa shape index (κ3) is 3.40. The Labute approximate surface area is 154 Å². The minimum Gasteiger partial charge on any atom is -0.462 e. The molecular weight excluding hydrogens is 324 g/mol. The van der Waals surface area contributed by atoms with Crippen molar-refractivity contribution >= 4 is 28.2 Å². The van der Waals surface area contributed by atoms with Gasteiger partial charge in [-0.3, -0.25) is 4.98 Å². The van der Waals surface area contributed by atoms with Crippen LogP contribution in [0.3, 0.4) is 0 Å². The van der Waals surface area contributed by atoms with Crippen LogP contribution in [0.4, 0.5) is 11.4 Å². The lowest BCUT2D eigenvalue weighted by Crippen LogP contribution is -2.10. The van der Waals surface area contributed by atoms with Gasteiger partial charge in [-0.15, -0.1) is 0 Å². The first-order valence-electron chi connectivity index (χ1n) is 8.82. The highest BCUT2D eigenvalue weighted by atomic mass is 16.5. The summed E-state index contributed by atoms with van der Waals surface area (Å²) in [4.78, 5) is 17.0. The fraction of sp³-hybridized carbons (Fsp3) is 0.273. The smallest absolute Gasteiger partial charge is 0.341 e. The predicted molar refractivity (Wildman–Crippen MR) is 106 cm³/mol. The average molecular weight is 348 g/mol. The first-order valence-corrected chi connectivity index (χ1v) is 8.82. The van der Waals surface area contributed by atoms with Crippen LogP contribution in [-0.2, 0) is 4.74 Å². The summed E-state index contributed by atoms with van der Waals surface area (Å²) in [6.07, 6.45) is 1.61. The molecule has 0 radical (unpaired) electrons. The van der Waals surface area contributed by atoms with Gasteiger partial charge in [-0.1, -0.05) is 29.3 Å². The summed E-state index contributed by atoms with van der Waals surface area (Å²) < 4.78 is 5.25. The Balaban J connectivity index is 2.24. The molecule has 0 aliphatic rings. The normalized spacial score (nSPS) is 10.8. The molecule has 0 aliphatic carbocycles. The van der Waals surface area contributed by atoms with Gasteiger partial charge in [-0.2, -0.15) is 0 Å². The largest absolute Gasteiger partial charge is 0.462 e. The van der Waals surface area contributed by atoms with Gasteiger partial charge in [0, 0.05) is 17.3 Å². The van der Waals surface area contributed by atoms with Crippen molar-refractivity contribution in [3.05, 3.63) is 64.3 Å². The van der Waals surface area contributed by atoms with E-state index in [9.17, 15) is 4.79 Å². The van der Waals surface area contributed by atoms with Crippen LogP contribution < -0.4 is 5.32 Å². The van der Waals surface area contributed by atoms with E-state index in [0.717, 1.165) is 39.0 Å². The van der Waals surface area contributed by atoms with Crippen LogP contribution in [0.2, 0.25) is 0 Å². The molecule has 0 fully saturated rings. The van der Waals surface area contributed by atoms with E-state index >= 15 is 0 Å². The van der Waals surface area contributed by atoms with Gasteiger partial charge in [0.25, 0.3) is 0 Å². The number of carbonyl (C=O) groups excluding carboxylic acids is 1. The van der Waals surface area contributed by atoms with Crippen LogP contribution in [0, 0.1) is 27.7 Å². The molecular formula is C22H24N2O2. The summed E-state index contributed by atoms with van der Waals surface area (Å²) in [5.74, 6) is -0.367. The van der Waals surface area contributed by atoms with Crippen LogP contribution >= 0.6 is 0 Å². The number of pyridine rings is 1. The predicted octanol–water partition coefficient (Wildman–Crippen LogP) is 5.39. The Kier molecular flexibility index (Phi) is 4.94. The Morgan fingerprint density at radius 1 is 1.04 bits per heavy atom. The molecule has 0 bridgehead atoms. The maximum Gasteiger partial charge on any atom is 0.341 e. The lowest BCUT2D eigenvalue weighted by atomic mass is 10.0. The Morgan fingerprint density at radius 3 is 2.46 bits per heavy atom. The zero-order valence-electron chi connectivity index (χ0n) is 15.9. The molecule has 3 rings (SSSR count). The third-order valence-corrected chi connectivity index (χ3v) is 4.44. The van der Waals surface area contributed by atoms with E-state index in [0.29, 0.717) is 12.2 Å². The van der Waals surface area contributed by atoms with Crippen molar-refractivity contribution in [2.75, 3.05) is 11.9 Å². The molecule has 1 aromatic heterocycles. The summed E-state index contributed by atoms with van der Waals surface area (Å²) in [6, 6.07) is 10.4. The molecule has 0 saturated heterocycles. The highest BCUT2D eigenvalue weighted by Crippen LogP contribution is 2.33. The van der Waals surface area contributed by atoms with Crippen LogP contribution in [0.1, 0.15) is 39.5 Å². The third-order valence-electron chi connectivity index (χ3n) is 4.44. The number of anilines is 2. The number of fused-ring (bicyclic) bond motifs is 1. The van der Waals surface area contributed by atoms with E-state index in [1.54, 1.807) is 13.1 Å². The highest BCUT2D eigenvalue weighted by Gasteiger charge is 2.18. The van der Waals surface area contributed by atoms with Gasteiger partial charge in [0.05, 0.1) is 17.8 Å². The second kappa shape index (κ2) is 7.16. The van der Waals surface area contributed by atoms with Gasteiger partial charge < -0.3 is 10.1 Å². The van der Waals surface area contributed by atoms with E-state index in [4.69, 9.17) is 4.74 Å². The second-order valence-electron chi connectivity index (χ2n) is 6.69. The van der Waals surface area contributed by atoms with Crippen molar-refractivity contribution in [3.8, 4) is 0 Å². The molecule has 1 heterocycles. The lowest BCUT2D eigenvalue weighted by molar-refractivity contribution is 0.0527. The van der Waals surface area contributed by atoms with Crippen molar-refractivity contribution in [2.45, 2.75) is 34.6 Å². The highest BCUT2D eigenvalue weighted by molar-refractivity contribution is 6.06. The molecule has 2 aromatic carbocycles. The zero-order valence-corrected chi connectivity index (χ0v) is 15.9. The van der Waals surface area contributed by atoms with Crippen LogP contribution in [0.15, 0.2) is 36.5 Å². The molecule has 1 N–H and O–H groups in total. The minimum absolute atomic E-state index is 0.326. The molecule has 4 heteroatoms. The quantitative estimate of drug-likeness (QED) is 0.642. The number of nitrogens with one attached hydrogen (secondary N) is 1. The summed E-state index contributed by atoms with van der Waals surface area (Å²) in [5.41, 5.74) is 7.57. The number of aromatic nitrogens is 1. The maximum absolute atomic E-state index is 12.5. The monoisotopic (exact) mass is 348 g/mol. The standard InChI is InChI=1S/C22H24N2O2/c1-6-26-22(25)18-12-23-20-16(5)10-14(3)11-17(20)21(18)24-19-8-7-13(2)9-15(19)4/h7-12H,6H2,1-5H3,(H,23,24). The van der Waals surface area contributed by atoms with Gasteiger partial charge in [0.15, 0.2) is 0 Å². The number of aryl methyl sites for hydroxylation is 4. The van der Waals surface area contributed by atoms with Crippen LogP contribution in [0.25, 0.3) is 10.9 Å². The Morgan fingerprint density at radius 2 is 1.77 bits per heavy atom. The topological polar surface area (TPSA) is 51.2 Å². The van der Waals surface area contributed by atoms with Gasteiger partial charge in [-0.25, -0.2) is 4.79 Å². The van der Waals surface area contributed by atoms with Gasteiger partial charge in [-0.05, 0) is 57.9 Å². The van der Waals surface area contributed by atoms with Gasteiger partial charge in [0.1, 0.15) is 5.56 Å². The lowest BCUT2D eigenvalue weighted by Gasteiger charge is -2.17. The maximum atomic E-state index is 12.5. The molecule has 4 nitrogen and oxygen atoms in total. The number of esters is 1. The molecule has 134 valence electrons. The number of benzene rings is 2. The molecule has 0 unspecified atom stereocenters. The molecule has 0 saturated carbocycles. The summed E-state index contributed by atoms with van der Waals surface area (Å²) in [6.45, 7) is 10.3. The summed E-state index contributed by atoms with van der Waals surface area (Å²) in [7, 11) is 0. The minimum atomic E-state index is -0.367. The number of hydrogen-bond donors (Lipinski definition) is 1. The van der Waals surface area contributed by atoms with E-state index in [-0.39, 0.29) is 5.97 Å². The van der Waals surface area contributed by atoms with Gasteiger partial charge >= 0.3 is 5.97 Å². The van der Waals surface area contributed by atoms with E-state index in [1.165, 1.54) is 5.56 Å². The van der Waals surface area contributed by atoms with E-state index in [2.05, 4.69) is 48.4 Å². The van der Waals surface area contributed by atoms with Crippen molar-refractivity contribution < 1.29 is 9.53 Å². The van der Waals surface area contributed by atoms with E-state index in [1.807, 2.05) is 19.9 Å². The first kappa shape index (κ1) is 17.9. The van der Waals surface area contributed by atoms with Crippen molar-refractivity contribution in [3.63, 3.8) is 0 Å². The van der Waals surface area contributed by atoms with Crippen LogP contribution in [-0.4, -0.2) is 17.6 Å². The summed E-state index contributed by atoms with van der Waals surface area (Å²) >= 11 is 0. The zero-order chi connectivity index (χ0) is 18.8. The SMILES string of the molecule is CCOC(=O)c1cnc2c(C)cc(C)cc2c1Nc1ccc(C)cc1C. The number of rotatable bonds is 4. The second-order valence-corrected chi connectivity index (χ2v) is 6.69.